The molecule has 0 amide bonds. The second kappa shape index (κ2) is 27.1. The molecule has 0 heterocycles. The van der Waals surface area contributed by atoms with Crippen molar-refractivity contribution in [2.24, 2.45) is 0 Å². The van der Waals surface area contributed by atoms with Crippen molar-refractivity contribution in [1.29, 1.82) is 0 Å². The van der Waals surface area contributed by atoms with Crippen LogP contribution in [0, 0.1) is 0 Å². The van der Waals surface area contributed by atoms with Gasteiger partial charge in [0.25, 0.3) is 0 Å². The van der Waals surface area contributed by atoms with E-state index in [1.54, 1.807) is 24.3 Å². The van der Waals surface area contributed by atoms with E-state index in [1.165, 1.54) is 27.7 Å². The Hall–Kier alpha value is -5.60. The highest BCUT2D eigenvalue weighted by Crippen LogP contribution is 2.35. The molecule has 360 valence electrons. The number of esters is 4. The SMILES string of the molecule is CC(=O)O[C@@H](CF)COc1ccc(C(C)(C)c2ccc(OC[C@H](CCl)OC(C)=O)cc2)cc1.CC(=O)O[C@H](CF)COc1ccc(C(C)(C)c2ccc(OC[C@@H](CCl)OC(C)=O)cc2)cc1. The van der Waals surface area contributed by atoms with Crippen LogP contribution < -0.4 is 18.9 Å². The monoisotopic (exact) mass is 960 g/mol. The quantitative estimate of drug-likeness (QED) is 0.0375. The van der Waals surface area contributed by atoms with E-state index in [4.69, 9.17) is 61.1 Å². The van der Waals surface area contributed by atoms with E-state index in [-0.39, 0.29) is 49.0 Å². The third kappa shape index (κ3) is 18.4. The number of hydrogen-bond donors (Lipinski definition) is 0. The number of hydrogen-bond acceptors (Lipinski definition) is 12. The Labute approximate surface area is 396 Å². The van der Waals surface area contributed by atoms with Gasteiger partial charge in [-0.2, -0.15) is 0 Å². The second-order valence-corrected chi connectivity index (χ2v) is 16.8. The number of benzene rings is 4. The van der Waals surface area contributed by atoms with Gasteiger partial charge in [0.05, 0.1) is 11.8 Å². The van der Waals surface area contributed by atoms with Crippen LogP contribution in [0.15, 0.2) is 97.1 Å². The summed E-state index contributed by atoms with van der Waals surface area (Å²) in [6, 6.07) is 30.4. The Balaban J connectivity index is 0.000000350. The minimum atomic E-state index is -0.923. The fourth-order valence-electron chi connectivity index (χ4n) is 6.34. The summed E-state index contributed by atoms with van der Waals surface area (Å²) >= 11 is 11.6. The van der Waals surface area contributed by atoms with Gasteiger partial charge in [-0.05, 0) is 70.8 Å². The molecule has 0 saturated carbocycles. The second-order valence-electron chi connectivity index (χ2n) is 16.1. The van der Waals surface area contributed by atoms with Crippen LogP contribution in [-0.4, -0.2) is 99.8 Å². The van der Waals surface area contributed by atoms with Crippen molar-refractivity contribution in [2.75, 3.05) is 51.5 Å². The van der Waals surface area contributed by atoms with Gasteiger partial charge in [-0.3, -0.25) is 19.2 Å². The maximum Gasteiger partial charge on any atom is 0.303 e. The van der Waals surface area contributed by atoms with Gasteiger partial charge in [-0.15, -0.1) is 23.2 Å². The molecule has 4 atom stereocenters. The highest BCUT2D eigenvalue weighted by Gasteiger charge is 2.25. The Kier molecular flexibility index (Phi) is 22.5. The lowest BCUT2D eigenvalue weighted by Crippen LogP contribution is -2.26. The average molecular weight is 962 g/mol. The molecule has 0 bridgehead atoms. The molecular formula is C50H60Cl2F2O12. The van der Waals surface area contributed by atoms with Crippen molar-refractivity contribution in [3.63, 3.8) is 0 Å². The first-order chi connectivity index (χ1) is 31.3. The summed E-state index contributed by atoms with van der Waals surface area (Å²) in [5.74, 6) is 0.845. The molecule has 0 unspecified atom stereocenters. The largest absolute Gasteiger partial charge is 0.490 e. The summed E-state index contributed by atoms with van der Waals surface area (Å²) in [5.41, 5.74) is 3.67. The molecule has 66 heavy (non-hydrogen) atoms. The standard InChI is InChI=1S/2C25H30ClFO6/c2*1-17(28)32-23(13-26)15-30-21-9-5-19(6-10-21)25(3,4)20-7-11-22(12-8-20)31-16-24(14-27)33-18(2)29/h2*5-12,23-24H,13-16H2,1-4H3/t2*23-,24-/m10/s1. The maximum atomic E-state index is 12.9. The zero-order chi connectivity index (χ0) is 48.9. The van der Waals surface area contributed by atoms with E-state index in [0.29, 0.717) is 23.0 Å². The third-order valence-electron chi connectivity index (χ3n) is 10.1. The zero-order valence-electron chi connectivity index (χ0n) is 38.6. The summed E-state index contributed by atoms with van der Waals surface area (Å²) in [7, 11) is 0. The van der Waals surface area contributed by atoms with Crippen LogP contribution in [0.1, 0.15) is 77.6 Å². The molecule has 4 aromatic carbocycles. The van der Waals surface area contributed by atoms with E-state index < -0.39 is 61.6 Å². The van der Waals surface area contributed by atoms with E-state index in [0.717, 1.165) is 22.3 Å². The van der Waals surface area contributed by atoms with E-state index in [1.807, 2.05) is 72.8 Å². The van der Waals surface area contributed by atoms with Crippen molar-refractivity contribution in [3.05, 3.63) is 119 Å². The number of rotatable bonds is 24. The maximum absolute atomic E-state index is 12.9. The minimum absolute atomic E-state index is 0.0533. The molecule has 0 radical (unpaired) electrons. The highest BCUT2D eigenvalue weighted by molar-refractivity contribution is 6.18. The fourth-order valence-corrected chi connectivity index (χ4v) is 6.64. The lowest BCUT2D eigenvalue weighted by molar-refractivity contribution is -0.149. The van der Waals surface area contributed by atoms with Gasteiger partial charge in [0, 0.05) is 38.5 Å². The molecule has 4 aromatic rings. The van der Waals surface area contributed by atoms with Gasteiger partial charge >= 0.3 is 23.9 Å². The van der Waals surface area contributed by atoms with Crippen molar-refractivity contribution < 1.29 is 65.9 Å². The van der Waals surface area contributed by atoms with Gasteiger partial charge in [0.1, 0.15) is 75.0 Å². The average Bonchev–Trinajstić information content (AvgIpc) is 3.29. The van der Waals surface area contributed by atoms with Crippen LogP contribution in [0.25, 0.3) is 0 Å². The number of carbonyl (C=O) groups excluding carboxylic acids is 4. The summed E-state index contributed by atoms with van der Waals surface area (Å²) in [6.45, 7) is 12.2. The first kappa shape index (κ1) is 54.7. The van der Waals surface area contributed by atoms with Crippen LogP contribution >= 0.6 is 23.2 Å². The number of halogens is 4. The predicted molar refractivity (Wildman–Crippen MR) is 248 cm³/mol. The molecule has 16 heteroatoms. The highest BCUT2D eigenvalue weighted by atomic mass is 35.5. The van der Waals surface area contributed by atoms with Crippen LogP contribution in [0.2, 0.25) is 0 Å². The van der Waals surface area contributed by atoms with Crippen LogP contribution in [0.3, 0.4) is 0 Å². The molecule has 0 aliphatic heterocycles. The molecule has 0 aliphatic carbocycles. The Morgan fingerprint density at radius 1 is 0.409 bits per heavy atom. The first-order valence-corrected chi connectivity index (χ1v) is 22.2. The lowest BCUT2D eigenvalue weighted by Gasteiger charge is -2.26. The minimum Gasteiger partial charge on any atom is -0.490 e. The smallest absolute Gasteiger partial charge is 0.303 e. The Morgan fingerprint density at radius 3 is 0.788 bits per heavy atom. The molecule has 12 nitrogen and oxygen atoms in total. The van der Waals surface area contributed by atoms with Gasteiger partial charge in [0.2, 0.25) is 0 Å². The van der Waals surface area contributed by atoms with E-state index in [9.17, 15) is 28.0 Å². The predicted octanol–water partition coefficient (Wildman–Crippen LogP) is 9.68. The summed E-state index contributed by atoms with van der Waals surface area (Å²) < 4.78 is 68.2. The Bertz CT molecular complexity index is 1800. The summed E-state index contributed by atoms with van der Waals surface area (Å²) in [4.78, 5) is 44.1. The molecular weight excluding hydrogens is 901 g/mol. The molecule has 0 spiro atoms. The number of ether oxygens (including phenoxy) is 8. The van der Waals surface area contributed by atoms with Gasteiger partial charge in [0.15, 0.2) is 12.2 Å². The van der Waals surface area contributed by atoms with E-state index in [2.05, 4.69) is 27.7 Å². The first-order valence-electron chi connectivity index (χ1n) is 21.2. The molecule has 0 N–H and O–H groups in total. The van der Waals surface area contributed by atoms with Gasteiger partial charge in [-0.1, -0.05) is 76.2 Å². The molecule has 4 rings (SSSR count). The van der Waals surface area contributed by atoms with Gasteiger partial charge in [-0.25, -0.2) is 8.78 Å². The third-order valence-corrected chi connectivity index (χ3v) is 10.8. The zero-order valence-corrected chi connectivity index (χ0v) is 40.1. The molecule has 0 aromatic heterocycles. The van der Waals surface area contributed by atoms with Crippen LogP contribution in [0.5, 0.6) is 23.0 Å². The normalized spacial score (nSPS) is 13.0. The van der Waals surface area contributed by atoms with Gasteiger partial charge < -0.3 is 37.9 Å². The van der Waals surface area contributed by atoms with Crippen molar-refractivity contribution in [3.8, 4) is 23.0 Å². The summed E-state index contributed by atoms with van der Waals surface area (Å²) in [5, 5.41) is 0. The van der Waals surface area contributed by atoms with E-state index >= 15 is 0 Å². The molecule has 0 aliphatic rings. The molecule has 0 fully saturated rings. The van der Waals surface area contributed by atoms with Crippen molar-refractivity contribution >= 4 is 47.1 Å². The fraction of sp³-hybridized carbons (Fsp3) is 0.440. The van der Waals surface area contributed by atoms with Crippen LogP contribution in [-0.2, 0) is 49.0 Å². The number of carbonyl (C=O) groups is 4. The lowest BCUT2D eigenvalue weighted by atomic mass is 9.78. The van der Waals surface area contributed by atoms with Crippen LogP contribution in [0.4, 0.5) is 8.78 Å². The number of alkyl halides is 4. The summed E-state index contributed by atoms with van der Waals surface area (Å²) in [6.07, 6.45) is -2.85. The van der Waals surface area contributed by atoms with Crippen molar-refractivity contribution in [2.45, 2.75) is 90.6 Å². The molecule has 0 saturated heterocycles. The Morgan fingerprint density at radius 2 is 0.606 bits per heavy atom. The topological polar surface area (TPSA) is 142 Å². The van der Waals surface area contributed by atoms with Crippen molar-refractivity contribution in [1.82, 2.24) is 0 Å².